The molecule has 0 saturated heterocycles. The summed E-state index contributed by atoms with van der Waals surface area (Å²) in [7, 11) is 0. The molecule has 1 heterocycles. The summed E-state index contributed by atoms with van der Waals surface area (Å²) in [5, 5.41) is 6.46. The molecule has 2 rings (SSSR count). The van der Waals surface area contributed by atoms with E-state index in [-0.39, 0.29) is 5.82 Å². The molecule has 1 aromatic carbocycles. The number of thiazole rings is 1. The minimum Gasteiger partial charge on any atom is -0.306 e. The Hall–Kier alpha value is -0.970. The summed E-state index contributed by atoms with van der Waals surface area (Å²) in [6, 6.07) is 4.69. The van der Waals surface area contributed by atoms with Crippen LogP contribution in [0.5, 0.6) is 0 Å². The lowest BCUT2D eigenvalue weighted by Gasteiger charge is -2.04. The highest BCUT2D eigenvalue weighted by Gasteiger charge is 2.02. The summed E-state index contributed by atoms with van der Waals surface area (Å²) < 4.78 is 13.4. The normalized spacial score (nSPS) is 10.6. The van der Waals surface area contributed by atoms with Gasteiger partial charge in [-0.1, -0.05) is 17.7 Å². The second kappa shape index (κ2) is 5.39. The zero-order valence-corrected chi connectivity index (χ0v) is 9.98. The Bertz CT molecular complexity index is 459. The molecule has 0 atom stereocenters. The average molecular weight is 257 g/mol. The van der Waals surface area contributed by atoms with Crippen molar-refractivity contribution >= 4 is 22.9 Å². The fourth-order valence-electron chi connectivity index (χ4n) is 1.31. The highest BCUT2D eigenvalue weighted by atomic mass is 35.5. The smallest absolute Gasteiger partial charge is 0.129 e. The maximum absolute atomic E-state index is 13.4. The van der Waals surface area contributed by atoms with Crippen LogP contribution in [0.15, 0.2) is 29.8 Å². The first-order valence-corrected chi connectivity index (χ1v) is 6.04. The van der Waals surface area contributed by atoms with Crippen LogP contribution < -0.4 is 5.32 Å². The van der Waals surface area contributed by atoms with Gasteiger partial charge in [-0.3, -0.25) is 0 Å². The molecule has 0 bridgehead atoms. The molecule has 0 aliphatic carbocycles. The lowest BCUT2D eigenvalue weighted by molar-refractivity contribution is 0.587. The lowest BCUT2D eigenvalue weighted by atomic mass is 10.2. The van der Waals surface area contributed by atoms with Crippen LogP contribution in [0.2, 0.25) is 5.02 Å². The monoisotopic (exact) mass is 256 g/mol. The molecular weight excluding hydrogens is 247 g/mol. The van der Waals surface area contributed by atoms with Gasteiger partial charge in [-0.2, -0.15) is 0 Å². The molecule has 0 radical (unpaired) electrons. The minimum absolute atomic E-state index is 0.279. The summed E-state index contributed by atoms with van der Waals surface area (Å²) in [5.41, 5.74) is 0.612. The molecular formula is C11H10ClFN2S. The molecule has 0 aliphatic heterocycles. The molecule has 2 nitrogen and oxygen atoms in total. The Morgan fingerprint density at radius 3 is 2.94 bits per heavy atom. The van der Waals surface area contributed by atoms with Gasteiger partial charge < -0.3 is 5.32 Å². The molecule has 0 unspecified atom stereocenters. The number of halogens is 2. The Morgan fingerprint density at radius 2 is 2.25 bits per heavy atom. The molecule has 84 valence electrons. The van der Waals surface area contributed by atoms with Gasteiger partial charge in [0.1, 0.15) is 10.8 Å². The molecule has 0 aliphatic rings. The van der Waals surface area contributed by atoms with E-state index in [4.69, 9.17) is 11.6 Å². The number of hydrogen-bond acceptors (Lipinski definition) is 3. The van der Waals surface area contributed by atoms with Gasteiger partial charge in [-0.05, 0) is 12.1 Å². The molecule has 2 aromatic rings. The van der Waals surface area contributed by atoms with Crippen molar-refractivity contribution in [1.82, 2.24) is 10.3 Å². The zero-order chi connectivity index (χ0) is 11.4. The standard InChI is InChI=1S/C11H10ClFN2S/c12-9-2-1-8(10(13)5-9)6-14-7-11-15-3-4-16-11/h1-5,14H,6-7H2. The quantitative estimate of drug-likeness (QED) is 0.909. The first kappa shape index (κ1) is 11.5. The maximum Gasteiger partial charge on any atom is 0.129 e. The van der Waals surface area contributed by atoms with Crippen LogP contribution in [0, 0.1) is 5.82 Å². The van der Waals surface area contributed by atoms with E-state index in [1.54, 1.807) is 29.7 Å². The third-order valence-corrected chi connectivity index (χ3v) is 3.10. The Morgan fingerprint density at radius 1 is 1.38 bits per heavy atom. The van der Waals surface area contributed by atoms with E-state index in [0.717, 1.165) is 5.01 Å². The van der Waals surface area contributed by atoms with Crippen molar-refractivity contribution in [3.05, 3.63) is 51.2 Å². The molecule has 0 fully saturated rings. The summed E-state index contributed by atoms with van der Waals surface area (Å²) in [5.74, 6) is -0.279. The second-order valence-electron chi connectivity index (χ2n) is 3.27. The minimum atomic E-state index is -0.279. The highest BCUT2D eigenvalue weighted by molar-refractivity contribution is 7.09. The van der Waals surface area contributed by atoms with Crippen molar-refractivity contribution in [2.75, 3.05) is 0 Å². The van der Waals surface area contributed by atoms with Crippen molar-refractivity contribution < 1.29 is 4.39 Å². The fourth-order valence-corrected chi connectivity index (χ4v) is 2.05. The predicted molar refractivity (Wildman–Crippen MR) is 64.1 cm³/mol. The van der Waals surface area contributed by atoms with Gasteiger partial charge in [0.05, 0.1) is 0 Å². The molecule has 5 heteroatoms. The number of nitrogens with one attached hydrogen (secondary N) is 1. The van der Waals surface area contributed by atoms with Crippen molar-refractivity contribution in [3.8, 4) is 0 Å². The maximum atomic E-state index is 13.4. The Kier molecular flexibility index (Phi) is 3.88. The van der Waals surface area contributed by atoms with Crippen LogP contribution in [0.3, 0.4) is 0 Å². The topological polar surface area (TPSA) is 24.9 Å². The van der Waals surface area contributed by atoms with E-state index in [1.165, 1.54) is 6.07 Å². The van der Waals surface area contributed by atoms with Crippen molar-refractivity contribution in [2.45, 2.75) is 13.1 Å². The molecule has 0 saturated carbocycles. The van der Waals surface area contributed by atoms with Gasteiger partial charge in [0.2, 0.25) is 0 Å². The van der Waals surface area contributed by atoms with Gasteiger partial charge >= 0.3 is 0 Å². The van der Waals surface area contributed by atoms with E-state index < -0.39 is 0 Å². The largest absolute Gasteiger partial charge is 0.306 e. The number of benzene rings is 1. The Balaban J connectivity index is 1.90. The number of nitrogens with zero attached hydrogens (tertiary/aromatic N) is 1. The molecule has 16 heavy (non-hydrogen) atoms. The van der Waals surface area contributed by atoms with E-state index >= 15 is 0 Å². The molecule has 1 N–H and O–H groups in total. The predicted octanol–water partition coefficient (Wildman–Crippen LogP) is 3.23. The summed E-state index contributed by atoms with van der Waals surface area (Å²) in [4.78, 5) is 4.13. The number of aromatic nitrogens is 1. The van der Waals surface area contributed by atoms with E-state index in [2.05, 4.69) is 10.3 Å². The van der Waals surface area contributed by atoms with Gasteiger partial charge in [-0.15, -0.1) is 11.3 Å². The van der Waals surface area contributed by atoms with Crippen molar-refractivity contribution in [2.24, 2.45) is 0 Å². The van der Waals surface area contributed by atoms with E-state index in [9.17, 15) is 4.39 Å². The van der Waals surface area contributed by atoms with Gasteiger partial charge in [-0.25, -0.2) is 9.37 Å². The fraction of sp³-hybridized carbons (Fsp3) is 0.182. The number of hydrogen-bond donors (Lipinski definition) is 1. The van der Waals surface area contributed by atoms with Crippen molar-refractivity contribution in [3.63, 3.8) is 0 Å². The van der Waals surface area contributed by atoms with Gasteiger partial charge in [0.15, 0.2) is 0 Å². The van der Waals surface area contributed by atoms with Gasteiger partial charge in [0, 0.05) is 35.3 Å². The highest BCUT2D eigenvalue weighted by Crippen LogP contribution is 2.14. The van der Waals surface area contributed by atoms with Crippen LogP contribution in [0.1, 0.15) is 10.6 Å². The van der Waals surface area contributed by atoms with Crippen molar-refractivity contribution in [1.29, 1.82) is 0 Å². The average Bonchev–Trinajstić information content (AvgIpc) is 2.74. The molecule has 1 aromatic heterocycles. The van der Waals surface area contributed by atoms with E-state index in [1.807, 2.05) is 5.38 Å². The first-order valence-electron chi connectivity index (χ1n) is 4.79. The third-order valence-electron chi connectivity index (χ3n) is 2.09. The van der Waals surface area contributed by atoms with E-state index in [0.29, 0.717) is 23.7 Å². The zero-order valence-electron chi connectivity index (χ0n) is 8.41. The molecule has 0 amide bonds. The van der Waals surface area contributed by atoms with Gasteiger partial charge in [0.25, 0.3) is 0 Å². The summed E-state index contributed by atoms with van der Waals surface area (Å²) in [6.45, 7) is 1.13. The third kappa shape index (κ3) is 3.01. The number of rotatable bonds is 4. The van der Waals surface area contributed by atoms with Crippen LogP contribution in [0.4, 0.5) is 4.39 Å². The second-order valence-corrected chi connectivity index (χ2v) is 4.68. The van der Waals surface area contributed by atoms with Crippen LogP contribution in [0.25, 0.3) is 0 Å². The van der Waals surface area contributed by atoms with Crippen LogP contribution in [-0.4, -0.2) is 4.98 Å². The lowest BCUT2D eigenvalue weighted by Crippen LogP contribution is -2.13. The SMILES string of the molecule is Fc1cc(Cl)ccc1CNCc1nccs1. The van der Waals surface area contributed by atoms with Crippen LogP contribution in [-0.2, 0) is 13.1 Å². The summed E-state index contributed by atoms with van der Waals surface area (Å²) >= 11 is 7.24. The van der Waals surface area contributed by atoms with Crippen LogP contribution >= 0.6 is 22.9 Å². The summed E-state index contributed by atoms with van der Waals surface area (Å²) in [6.07, 6.45) is 1.75. The first-order chi connectivity index (χ1) is 7.75. The molecule has 0 spiro atoms. The Labute approximate surface area is 102 Å².